The molecule has 0 spiro atoms. The third-order valence-corrected chi connectivity index (χ3v) is 5.34. The number of hydrogen-bond donors (Lipinski definition) is 1. The lowest BCUT2D eigenvalue weighted by Crippen LogP contribution is -2.48. The van der Waals surface area contributed by atoms with E-state index in [1.807, 2.05) is 18.7 Å². The molecule has 1 N–H and O–H groups in total. The van der Waals surface area contributed by atoms with Crippen LogP contribution in [0.2, 0.25) is 0 Å². The van der Waals surface area contributed by atoms with Crippen molar-refractivity contribution in [3.05, 3.63) is 0 Å². The van der Waals surface area contributed by atoms with Gasteiger partial charge in [-0.3, -0.25) is 14.4 Å². The summed E-state index contributed by atoms with van der Waals surface area (Å²) in [5.41, 5.74) is 0. The van der Waals surface area contributed by atoms with Crippen molar-refractivity contribution in [2.24, 2.45) is 11.8 Å². The molecule has 3 amide bonds. The monoisotopic (exact) mass is 337 g/mol. The molecule has 2 fully saturated rings. The van der Waals surface area contributed by atoms with Gasteiger partial charge in [0.05, 0.1) is 6.54 Å². The van der Waals surface area contributed by atoms with Crippen LogP contribution in [0.4, 0.5) is 0 Å². The predicted octanol–water partition coefficient (Wildman–Crippen LogP) is 1.40. The first-order valence-corrected chi connectivity index (χ1v) is 9.37. The zero-order chi connectivity index (χ0) is 17.5. The molecule has 6 heteroatoms. The first-order chi connectivity index (χ1) is 11.5. The minimum absolute atomic E-state index is 0.0458. The fourth-order valence-corrected chi connectivity index (χ4v) is 3.38. The summed E-state index contributed by atoms with van der Waals surface area (Å²) < 4.78 is 0. The van der Waals surface area contributed by atoms with Crippen LogP contribution in [0, 0.1) is 11.8 Å². The SMILES string of the molecule is CC[C@H](C)C(=O)NCC(=O)N1CCC(C(=O)N2CCCCC2)CC1. The number of carbonyl (C=O) groups is 3. The van der Waals surface area contributed by atoms with E-state index in [0.29, 0.717) is 13.1 Å². The number of nitrogens with zero attached hydrogens (tertiary/aromatic N) is 2. The molecule has 2 aliphatic rings. The Bertz CT molecular complexity index is 452. The minimum atomic E-state index is -0.0685. The Labute approximate surface area is 144 Å². The van der Waals surface area contributed by atoms with Crippen molar-refractivity contribution in [3.8, 4) is 0 Å². The quantitative estimate of drug-likeness (QED) is 0.824. The van der Waals surface area contributed by atoms with Gasteiger partial charge in [-0.15, -0.1) is 0 Å². The molecule has 136 valence electrons. The van der Waals surface area contributed by atoms with Crippen molar-refractivity contribution in [2.75, 3.05) is 32.7 Å². The molecule has 0 aromatic carbocycles. The predicted molar refractivity (Wildman–Crippen MR) is 92.2 cm³/mol. The Morgan fingerprint density at radius 3 is 2.21 bits per heavy atom. The number of amides is 3. The molecule has 0 radical (unpaired) electrons. The van der Waals surface area contributed by atoms with Gasteiger partial charge in [-0.1, -0.05) is 13.8 Å². The molecule has 0 unspecified atom stereocenters. The van der Waals surface area contributed by atoms with Crippen LogP contribution in [0.3, 0.4) is 0 Å². The van der Waals surface area contributed by atoms with E-state index in [1.165, 1.54) is 6.42 Å². The highest BCUT2D eigenvalue weighted by atomic mass is 16.2. The average molecular weight is 337 g/mol. The standard InChI is InChI=1S/C18H31N3O3/c1-3-14(2)17(23)19-13-16(22)20-11-7-15(8-12-20)18(24)21-9-5-4-6-10-21/h14-15H,3-13H2,1-2H3,(H,19,23)/t14-/m0/s1. The van der Waals surface area contributed by atoms with Gasteiger partial charge in [-0.05, 0) is 38.5 Å². The zero-order valence-electron chi connectivity index (χ0n) is 15.1. The summed E-state index contributed by atoms with van der Waals surface area (Å²) in [5, 5.41) is 2.71. The number of hydrogen-bond acceptors (Lipinski definition) is 3. The van der Waals surface area contributed by atoms with Crippen LogP contribution in [0.5, 0.6) is 0 Å². The summed E-state index contributed by atoms with van der Waals surface area (Å²) in [6.45, 7) is 6.88. The second kappa shape index (κ2) is 9.04. The van der Waals surface area contributed by atoms with Crippen molar-refractivity contribution in [1.29, 1.82) is 0 Å². The molecule has 2 aliphatic heterocycles. The highest BCUT2D eigenvalue weighted by Crippen LogP contribution is 2.21. The van der Waals surface area contributed by atoms with Crippen LogP contribution in [0.1, 0.15) is 52.4 Å². The minimum Gasteiger partial charge on any atom is -0.347 e. The van der Waals surface area contributed by atoms with Crippen LogP contribution in [-0.4, -0.2) is 60.2 Å². The number of rotatable bonds is 5. The molecule has 2 heterocycles. The Kier molecular flexibility index (Phi) is 7.06. The zero-order valence-corrected chi connectivity index (χ0v) is 15.1. The largest absolute Gasteiger partial charge is 0.347 e. The topological polar surface area (TPSA) is 69.7 Å². The number of nitrogens with one attached hydrogen (secondary N) is 1. The van der Waals surface area contributed by atoms with E-state index < -0.39 is 0 Å². The highest BCUT2D eigenvalue weighted by molar-refractivity contribution is 5.86. The Morgan fingerprint density at radius 1 is 1.00 bits per heavy atom. The first-order valence-electron chi connectivity index (χ1n) is 9.37. The molecular weight excluding hydrogens is 306 g/mol. The molecular formula is C18H31N3O3. The molecule has 24 heavy (non-hydrogen) atoms. The second-order valence-electron chi connectivity index (χ2n) is 7.07. The molecule has 0 aliphatic carbocycles. The van der Waals surface area contributed by atoms with E-state index >= 15 is 0 Å². The average Bonchev–Trinajstić information content (AvgIpc) is 2.65. The molecule has 1 atom stereocenters. The van der Waals surface area contributed by atoms with E-state index in [0.717, 1.165) is 45.2 Å². The van der Waals surface area contributed by atoms with Crippen molar-refractivity contribution in [1.82, 2.24) is 15.1 Å². The van der Waals surface area contributed by atoms with Gasteiger partial charge in [-0.25, -0.2) is 0 Å². The summed E-state index contributed by atoms with van der Waals surface area (Å²) in [6.07, 6.45) is 5.68. The van der Waals surface area contributed by atoms with E-state index in [-0.39, 0.29) is 36.1 Å². The maximum Gasteiger partial charge on any atom is 0.241 e. The van der Waals surface area contributed by atoms with Crippen LogP contribution < -0.4 is 5.32 Å². The maximum absolute atomic E-state index is 12.5. The molecule has 2 saturated heterocycles. The lowest BCUT2D eigenvalue weighted by Gasteiger charge is -2.35. The van der Waals surface area contributed by atoms with Gasteiger partial charge in [0.25, 0.3) is 0 Å². The Hall–Kier alpha value is -1.59. The van der Waals surface area contributed by atoms with Gasteiger partial charge in [-0.2, -0.15) is 0 Å². The molecule has 6 nitrogen and oxygen atoms in total. The Balaban J connectivity index is 1.72. The molecule has 0 bridgehead atoms. The van der Waals surface area contributed by atoms with Gasteiger partial charge in [0, 0.05) is 38.0 Å². The van der Waals surface area contributed by atoms with Crippen LogP contribution in [0.25, 0.3) is 0 Å². The number of piperidine rings is 2. The summed E-state index contributed by atoms with van der Waals surface area (Å²) in [4.78, 5) is 40.2. The van der Waals surface area contributed by atoms with Gasteiger partial charge >= 0.3 is 0 Å². The molecule has 0 aromatic heterocycles. The molecule has 2 rings (SSSR count). The van der Waals surface area contributed by atoms with Crippen LogP contribution in [-0.2, 0) is 14.4 Å². The van der Waals surface area contributed by atoms with Crippen LogP contribution in [0.15, 0.2) is 0 Å². The smallest absolute Gasteiger partial charge is 0.241 e. The third kappa shape index (κ3) is 4.95. The second-order valence-corrected chi connectivity index (χ2v) is 7.07. The first kappa shape index (κ1) is 18.7. The maximum atomic E-state index is 12.5. The van der Waals surface area contributed by atoms with Crippen molar-refractivity contribution < 1.29 is 14.4 Å². The summed E-state index contributed by atoms with van der Waals surface area (Å²) >= 11 is 0. The van der Waals surface area contributed by atoms with E-state index in [9.17, 15) is 14.4 Å². The fraction of sp³-hybridized carbons (Fsp3) is 0.833. The molecule has 0 saturated carbocycles. The van der Waals surface area contributed by atoms with Gasteiger partial charge in [0.15, 0.2) is 0 Å². The van der Waals surface area contributed by atoms with Gasteiger partial charge < -0.3 is 15.1 Å². The van der Waals surface area contributed by atoms with E-state index in [1.54, 1.807) is 4.90 Å². The lowest BCUT2D eigenvalue weighted by atomic mass is 9.94. The third-order valence-electron chi connectivity index (χ3n) is 5.34. The summed E-state index contributed by atoms with van der Waals surface area (Å²) in [6, 6.07) is 0. The lowest BCUT2D eigenvalue weighted by molar-refractivity contribution is -0.141. The van der Waals surface area contributed by atoms with E-state index in [4.69, 9.17) is 0 Å². The number of likely N-dealkylation sites (tertiary alicyclic amines) is 2. The summed E-state index contributed by atoms with van der Waals surface area (Å²) in [5.74, 6) is 0.149. The van der Waals surface area contributed by atoms with Crippen molar-refractivity contribution >= 4 is 17.7 Å². The normalized spacial score (nSPS) is 20.6. The fourth-order valence-electron chi connectivity index (χ4n) is 3.38. The van der Waals surface area contributed by atoms with Crippen molar-refractivity contribution in [3.63, 3.8) is 0 Å². The van der Waals surface area contributed by atoms with Gasteiger partial charge in [0.2, 0.25) is 17.7 Å². The van der Waals surface area contributed by atoms with Gasteiger partial charge in [0.1, 0.15) is 0 Å². The number of carbonyl (C=O) groups excluding carboxylic acids is 3. The summed E-state index contributed by atoms with van der Waals surface area (Å²) in [7, 11) is 0. The van der Waals surface area contributed by atoms with E-state index in [2.05, 4.69) is 5.32 Å². The Morgan fingerprint density at radius 2 is 1.62 bits per heavy atom. The molecule has 0 aromatic rings. The highest BCUT2D eigenvalue weighted by Gasteiger charge is 2.30. The van der Waals surface area contributed by atoms with Crippen molar-refractivity contribution in [2.45, 2.75) is 52.4 Å². The van der Waals surface area contributed by atoms with Crippen LogP contribution >= 0.6 is 0 Å².